The van der Waals surface area contributed by atoms with Gasteiger partial charge in [0, 0.05) is 23.5 Å². The monoisotopic (exact) mass is 268 g/mol. The summed E-state index contributed by atoms with van der Waals surface area (Å²) in [6, 6.07) is 6.28. The molecule has 0 radical (unpaired) electrons. The minimum absolute atomic E-state index is 0.0915. The van der Waals surface area contributed by atoms with Crippen molar-refractivity contribution in [1.82, 2.24) is 9.78 Å². The van der Waals surface area contributed by atoms with Crippen LogP contribution in [-0.2, 0) is 4.74 Å². The molecule has 0 aliphatic carbocycles. The summed E-state index contributed by atoms with van der Waals surface area (Å²) in [5, 5.41) is 5.63. The number of rotatable bonds is 1. The zero-order chi connectivity index (χ0) is 13.9. The molecule has 2 heterocycles. The van der Waals surface area contributed by atoms with E-state index in [0.29, 0.717) is 5.92 Å². The molecule has 20 heavy (non-hydrogen) atoms. The Hall–Kier alpha value is -1.79. The smallest absolute Gasteiger partial charge is 0.150 e. The lowest BCUT2D eigenvalue weighted by molar-refractivity contribution is -0.0366. The molecule has 0 saturated carbocycles. The number of hydrogen-bond donors (Lipinski definition) is 0. The number of hydrogen-bond acceptors (Lipinski definition) is 2. The van der Waals surface area contributed by atoms with E-state index in [2.05, 4.69) is 49.0 Å². The highest BCUT2D eigenvalue weighted by Gasteiger charge is 2.18. The van der Waals surface area contributed by atoms with Crippen molar-refractivity contribution in [2.45, 2.75) is 39.3 Å². The Morgan fingerprint density at radius 2 is 2.25 bits per heavy atom. The predicted molar refractivity (Wildman–Crippen MR) is 80.3 cm³/mol. The predicted octanol–water partition coefficient (Wildman–Crippen LogP) is 3.74. The quantitative estimate of drug-likeness (QED) is 0.737. The first-order valence-corrected chi connectivity index (χ1v) is 7.34. The molecule has 0 amide bonds. The van der Waals surface area contributed by atoms with Crippen molar-refractivity contribution < 1.29 is 4.74 Å². The lowest BCUT2D eigenvalue weighted by Gasteiger charge is -2.23. The first-order chi connectivity index (χ1) is 9.74. The molecule has 1 aliphatic rings. The zero-order valence-corrected chi connectivity index (χ0v) is 12.1. The molecule has 1 aliphatic heterocycles. The highest BCUT2D eigenvalue weighted by Crippen LogP contribution is 2.26. The van der Waals surface area contributed by atoms with Gasteiger partial charge in [0.15, 0.2) is 6.23 Å². The van der Waals surface area contributed by atoms with Crippen molar-refractivity contribution in [2.75, 3.05) is 6.61 Å². The van der Waals surface area contributed by atoms with E-state index < -0.39 is 0 Å². The summed E-state index contributed by atoms with van der Waals surface area (Å²) < 4.78 is 7.82. The Bertz CT molecular complexity index is 654. The van der Waals surface area contributed by atoms with Crippen molar-refractivity contribution in [1.29, 1.82) is 0 Å². The first kappa shape index (κ1) is 13.2. The Morgan fingerprint density at radius 1 is 1.35 bits per heavy atom. The Balaban J connectivity index is 1.92. The fraction of sp³-hybridized carbons (Fsp3) is 0.471. The molecule has 3 heteroatoms. The molecule has 0 spiro atoms. The molecule has 1 aromatic heterocycles. The molecule has 104 valence electrons. The highest BCUT2D eigenvalue weighted by atomic mass is 16.5. The van der Waals surface area contributed by atoms with Crippen LogP contribution in [0, 0.1) is 17.8 Å². The second kappa shape index (κ2) is 5.68. The van der Waals surface area contributed by atoms with Gasteiger partial charge in [-0.1, -0.05) is 25.7 Å². The maximum Gasteiger partial charge on any atom is 0.150 e. The van der Waals surface area contributed by atoms with Crippen molar-refractivity contribution in [2.24, 2.45) is 5.92 Å². The average Bonchev–Trinajstić information content (AvgIpc) is 2.89. The van der Waals surface area contributed by atoms with E-state index >= 15 is 0 Å². The maximum absolute atomic E-state index is 5.81. The molecule has 1 aromatic carbocycles. The summed E-state index contributed by atoms with van der Waals surface area (Å²) in [5.41, 5.74) is 2.18. The van der Waals surface area contributed by atoms with Crippen LogP contribution >= 0.6 is 0 Å². The van der Waals surface area contributed by atoms with Crippen LogP contribution in [0.25, 0.3) is 10.9 Å². The fourth-order valence-electron chi connectivity index (χ4n) is 2.50. The minimum atomic E-state index is 0.0915. The van der Waals surface area contributed by atoms with Gasteiger partial charge in [0.1, 0.15) is 0 Å². The number of benzene rings is 1. The van der Waals surface area contributed by atoms with Gasteiger partial charge >= 0.3 is 0 Å². The van der Waals surface area contributed by atoms with Crippen LogP contribution in [0.4, 0.5) is 0 Å². The molecule has 3 rings (SSSR count). The standard InChI is InChI=1S/C17H20N2O/c1-13(2)6-7-14-8-9-16-15(11-14)12-18-19(16)17-5-3-4-10-20-17/h8-9,11-13,17H,3-5,10H2,1-2H3. The van der Waals surface area contributed by atoms with Gasteiger partial charge in [0.25, 0.3) is 0 Å². The van der Waals surface area contributed by atoms with E-state index in [1.807, 2.05) is 10.9 Å². The van der Waals surface area contributed by atoms with E-state index in [1.165, 1.54) is 6.42 Å². The first-order valence-electron chi connectivity index (χ1n) is 7.34. The van der Waals surface area contributed by atoms with Crippen molar-refractivity contribution in [3.05, 3.63) is 30.0 Å². The van der Waals surface area contributed by atoms with E-state index in [-0.39, 0.29) is 6.23 Å². The van der Waals surface area contributed by atoms with E-state index in [0.717, 1.165) is 35.9 Å². The average molecular weight is 268 g/mol. The number of aromatic nitrogens is 2. The molecule has 0 bridgehead atoms. The molecule has 1 atom stereocenters. The number of nitrogens with zero attached hydrogens (tertiary/aromatic N) is 2. The van der Waals surface area contributed by atoms with Gasteiger partial charge in [-0.05, 0) is 37.5 Å². The summed E-state index contributed by atoms with van der Waals surface area (Å²) in [6.07, 6.45) is 5.42. The minimum Gasteiger partial charge on any atom is -0.356 e. The highest BCUT2D eigenvalue weighted by molar-refractivity contribution is 5.80. The van der Waals surface area contributed by atoms with Gasteiger partial charge in [-0.25, -0.2) is 4.68 Å². The number of fused-ring (bicyclic) bond motifs is 1. The van der Waals surface area contributed by atoms with Gasteiger partial charge in [-0.15, -0.1) is 0 Å². The van der Waals surface area contributed by atoms with Crippen molar-refractivity contribution in [3.63, 3.8) is 0 Å². The number of ether oxygens (including phenoxy) is 1. The van der Waals surface area contributed by atoms with E-state index in [4.69, 9.17) is 4.74 Å². The van der Waals surface area contributed by atoms with Gasteiger partial charge < -0.3 is 4.74 Å². The zero-order valence-electron chi connectivity index (χ0n) is 12.1. The largest absolute Gasteiger partial charge is 0.356 e. The molecule has 1 fully saturated rings. The van der Waals surface area contributed by atoms with Gasteiger partial charge in [0.2, 0.25) is 0 Å². The van der Waals surface area contributed by atoms with Crippen molar-refractivity contribution >= 4 is 10.9 Å². The van der Waals surface area contributed by atoms with Crippen LogP contribution in [0.15, 0.2) is 24.4 Å². The Kier molecular flexibility index (Phi) is 3.75. The third-order valence-electron chi connectivity index (χ3n) is 3.53. The molecular weight excluding hydrogens is 248 g/mol. The second-order valence-electron chi connectivity index (χ2n) is 5.61. The van der Waals surface area contributed by atoms with Crippen LogP contribution in [0.5, 0.6) is 0 Å². The molecule has 3 nitrogen and oxygen atoms in total. The molecule has 2 aromatic rings. The maximum atomic E-state index is 5.81. The summed E-state index contributed by atoms with van der Waals surface area (Å²) in [5.74, 6) is 6.79. The molecule has 1 unspecified atom stereocenters. The van der Waals surface area contributed by atoms with Gasteiger partial charge in [-0.2, -0.15) is 5.10 Å². The topological polar surface area (TPSA) is 27.1 Å². The summed E-state index contributed by atoms with van der Waals surface area (Å²) in [7, 11) is 0. The Morgan fingerprint density at radius 3 is 3.00 bits per heavy atom. The molecule has 1 saturated heterocycles. The Labute approximate surface area is 119 Å². The van der Waals surface area contributed by atoms with Crippen LogP contribution < -0.4 is 0 Å². The third kappa shape index (κ3) is 2.71. The SMILES string of the molecule is CC(C)C#Cc1ccc2c(cnn2C2CCCCO2)c1. The normalized spacial score (nSPS) is 19.1. The molecule has 0 N–H and O–H groups in total. The third-order valence-corrected chi connectivity index (χ3v) is 3.53. The van der Waals surface area contributed by atoms with Crippen molar-refractivity contribution in [3.8, 4) is 11.8 Å². The summed E-state index contributed by atoms with van der Waals surface area (Å²) in [6.45, 7) is 5.04. The van der Waals surface area contributed by atoms with Crippen LogP contribution in [-0.4, -0.2) is 16.4 Å². The van der Waals surface area contributed by atoms with Crippen LogP contribution in [0.3, 0.4) is 0 Å². The summed E-state index contributed by atoms with van der Waals surface area (Å²) in [4.78, 5) is 0. The van der Waals surface area contributed by atoms with E-state index in [9.17, 15) is 0 Å². The second-order valence-corrected chi connectivity index (χ2v) is 5.61. The molecular formula is C17H20N2O. The fourth-order valence-corrected chi connectivity index (χ4v) is 2.50. The van der Waals surface area contributed by atoms with E-state index in [1.54, 1.807) is 0 Å². The lowest BCUT2D eigenvalue weighted by Crippen LogP contribution is -2.18. The van der Waals surface area contributed by atoms with Gasteiger partial charge in [-0.3, -0.25) is 0 Å². The summed E-state index contributed by atoms with van der Waals surface area (Å²) >= 11 is 0. The van der Waals surface area contributed by atoms with Gasteiger partial charge in [0.05, 0.1) is 11.7 Å². The van der Waals surface area contributed by atoms with Crippen LogP contribution in [0.2, 0.25) is 0 Å². The lowest BCUT2D eigenvalue weighted by atomic mass is 10.1. The van der Waals surface area contributed by atoms with Crippen LogP contribution in [0.1, 0.15) is 44.9 Å².